The number of amides is 3. The lowest BCUT2D eigenvalue weighted by Crippen LogP contribution is -2.42. The van der Waals surface area contributed by atoms with Gasteiger partial charge in [-0.25, -0.2) is 4.79 Å². The van der Waals surface area contributed by atoms with Crippen molar-refractivity contribution in [3.8, 4) is 0 Å². The van der Waals surface area contributed by atoms with Gasteiger partial charge in [-0.05, 0) is 6.42 Å². The van der Waals surface area contributed by atoms with Gasteiger partial charge in [0.25, 0.3) is 11.8 Å². The Labute approximate surface area is 119 Å². The minimum absolute atomic E-state index is 0.165. The van der Waals surface area contributed by atoms with Crippen molar-refractivity contribution in [2.24, 2.45) is 0 Å². The van der Waals surface area contributed by atoms with E-state index in [0.29, 0.717) is 0 Å². The van der Waals surface area contributed by atoms with Crippen molar-refractivity contribution in [1.29, 1.82) is 0 Å². The van der Waals surface area contributed by atoms with Crippen molar-refractivity contribution in [2.45, 2.75) is 25.3 Å². The van der Waals surface area contributed by atoms with E-state index < -0.39 is 42.1 Å². The number of rotatable bonds is 8. The van der Waals surface area contributed by atoms with E-state index >= 15 is 0 Å². The van der Waals surface area contributed by atoms with Gasteiger partial charge < -0.3 is 15.5 Å². The molecule has 114 valence electrons. The number of hydrogen-bond acceptors (Lipinski definition) is 5. The molecule has 1 rings (SSSR count). The van der Waals surface area contributed by atoms with Crippen LogP contribution in [0.2, 0.25) is 0 Å². The van der Waals surface area contributed by atoms with E-state index in [2.05, 4.69) is 5.32 Å². The van der Waals surface area contributed by atoms with Gasteiger partial charge in [0.05, 0.1) is 0 Å². The third-order valence-electron chi connectivity index (χ3n) is 2.74. The lowest BCUT2D eigenvalue weighted by Gasteiger charge is -2.16. The van der Waals surface area contributed by atoms with Gasteiger partial charge in [0.1, 0.15) is 6.04 Å². The highest BCUT2D eigenvalue weighted by molar-refractivity contribution is 6.13. The van der Waals surface area contributed by atoms with Crippen molar-refractivity contribution < 1.29 is 34.2 Å². The van der Waals surface area contributed by atoms with Crippen LogP contribution < -0.4 is 5.32 Å². The Morgan fingerprint density at radius 2 is 1.67 bits per heavy atom. The van der Waals surface area contributed by atoms with Crippen LogP contribution >= 0.6 is 0 Å². The Bertz CT molecular complexity index is 494. The Morgan fingerprint density at radius 3 is 2.14 bits per heavy atom. The van der Waals surface area contributed by atoms with E-state index in [9.17, 15) is 24.0 Å². The van der Waals surface area contributed by atoms with Gasteiger partial charge in [0, 0.05) is 31.5 Å². The average molecular weight is 298 g/mol. The maximum absolute atomic E-state index is 11.6. The Kier molecular flexibility index (Phi) is 5.58. The summed E-state index contributed by atoms with van der Waals surface area (Å²) in [7, 11) is 0. The predicted molar refractivity (Wildman–Crippen MR) is 66.9 cm³/mol. The summed E-state index contributed by atoms with van der Waals surface area (Å²) in [4.78, 5) is 56.2. The number of imide groups is 1. The molecule has 9 heteroatoms. The maximum Gasteiger partial charge on any atom is 0.326 e. The van der Waals surface area contributed by atoms with E-state index in [1.165, 1.54) is 0 Å². The number of nitrogens with zero attached hydrogens (tertiary/aromatic N) is 1. The largest absolute Gasteiger partial charge is 0.481 e. The zero-order valence-electron chi connectivity index (χ0n) is 10.9. The maximum atomic E-state index is 11.6. The van der Waals surface area contributed by atoms with Crippen molar-refractivity contribution in [3.05, 3.63) is 12.2 Å². The molecule has 1 aliphatic heterocycles. The van der Waals surface area contributed by atoms with Crippen LogP contribution in [0.25, 0.3) is 0 Å². The number of aliphatic carboxylic acids is 2. The zero-order valence-corrected chi connectivity index (χ0v) is 10.9. The number of carboxylic acid groups (broad SMARTS) is 2. The Balaban J connectivity index is 2.43. The predicted octanol–water partition coefficient (Wildman–Crippen LogP) is -1.26. The Morgan fingerprint density at radius 1 is 1.10 bits per heavy atom. The summed E-state index contributed by atoms with van der Waals surface area (Å²) in [6, 6.07) is -1.32. The van der Waals surface area contributed by atoms with Gasteiger partial charge in [-0.15, -0.1) is 0 Å². The molecule has 0 fully saturated rings. The molecule has 0 spiro atoms. The molecule has 9 nitrogen and oxygen atoms in total. The molecule has 0 aromatic rings. The first-order valence-electron chi connectivity index (χ1n) is 6.08. The first kappa shape index (κ1) is 16.3. The topological polar surface area (TPSA) is 141 Å². The summed E-state index contributed by atoms with van der Waals surface area (Å²) < 4.78 is 0. The minimum Gasteiger partial charge on any atom is -0.481 e. The number of carbonyl (C=O) groups is 5. The molecule has 0 aromatic heterocycles. The minimum atomic E-state index is -1.35. The normalized spacial score (nSPS) is 15.1. The van der Waals surface area contributed by atoms with Crippen LogP contribution in [0.1, 0.15) is 19.3 Å². The van der Waals surface area contributed by atoms with Crippen LogP contribution in [0.5, 0.6) is 0 Å². The summed E-state index contributed by atoms with van der Waals surface area (Å²) in [5, 5.41) is 19.5. The van der Waals surface area contributed by atoms with Crippen molar-refractivity contribution in [2.75, 3.05) is 6.54 Å². The summed E-state index contributed by atoms with van der Waals surface area (Å²) in [5.41, 5.74) is 0. The second kappa shape index (κ2) is 7.17. The molecule has 0 saturated carbocycles. The quantitative estimate of drug-likeness (QED) is 0.475. The van der Waals surface area contributed by atoms with Crippen LogP contribution in [0.15, 0.2) is 12.2 Å². The molecular formula is C12H14N2O7. The third kappa shape index (κ3) is 5.05. The highest BCUT2D eigenvalue weighted by Crippen LogP contribution is 2.05. The van der Waals surface area contributed by atoms with Gasteiger partial charge in [-0.3, -0.25) is 24.1 Å². The molecule has 3 N–H and O–H groups in total. The van der Waals surface area contributed by atoms with Crippen molar-refractivity contribution >= 4 is 29.7 Å². The van der Waals surface area contributed by atoms with Gasteiger partial charge in [-0.1, -0.05) is 0 Å². The molecule has 1 atom stereocenters. The van der Waals surface area contributed by atoms with E-state index in [-0.39, 0.29) is 19.4 Å². The van der Waals surface area contributed by atoms with E-state index in [1.807, 2.05) is 0 Å². The highest BCUT2D eigenvalue weighted by Gasteiger charge is 2.25. The lowest BCUT2D eigenvalue weighted by atomic mass is 10.1. The molecule has 0 radical (unpaired) electrons. The van der Waals surface area contributed by atoms with Gasteiger partial charge in [-0.2, -0.15) is 0 Å². The highest BCUT2D eigenvalue weighted by atomic mass is 16.4. The second-order valence-corrected chi connectivity index (χ2v) is 4.30. The van der Waals surface area contributed by atoms with E-state index in [1.54, 1.807) is 0 Å². The summed E-state index contributed by atoms with van der Waals surface area (Å²) >= 11 is 0. The van der Waals surface area contributed by atoms with Crippen LogP contribution in [0.3, 0.4) is 0 Å². The average Bonchev–Trinajstić information content (AvgIpc) is 2.71. The SMILES string of the molecule is O=C(O)CCC(NC(=O)CCN1C(=O)C=CC1=O)C(=O)O. The first-order chi connectivity index (χ1) is 9.81. The summed E-state index contributed by atoms with van der Waals surface area (Å²) in [6.07, 6.45) is 1.25. The standard InChI is InChI=1S/C12H14N2O7/c15-8(5-6-14-9(16)2-3-10(14)17)13-7(12(20)21)1-4-11(18)19/h2-3,7H,1,4-6H2,(H,13,15)(H,18,19)(H,20,21). The van der Waals surface area contributed by atoms with Crippen molar-refractivity contribution in [1.82, 2.24) is 10.2 Å². The molecule has 21 heavy (non-hydrogen) atoms. The lowest BCUT2D eigenvalue weighted by molar-refractivity contribution is -0.144. The molecule has 1 unspecified atom stereocenters. The monoisotopic (exact) mass is 298 g/mol. The van der Waals surface area contributed by atoms with Crippen LogP contribution in [0.4, 0.5) is 0 Å². The number of carbonyl (C=O) groups excluding carboxylic acids is 3. The molecule has 1 aliphatic rings. The fraction of sp³-hybridized carbons (Fsp3) is 0.417. The molecule has 0 saturated heterocycles. The van der Waals surface area contributed by atoms with Crippen LogP contribution in [-0.4, -0.2) is 57.4 Å². The Hall–Kier alpha value is -2.71. The van der Waals surface area contributed by atoms with E-state index in [0.717, 1.165) is 17.1 Å². The molecule has 0 aromatic carbocycles. The fourth-order valence-electron chi connectivity index (χ4n) is 1.66. The summed E-state index contributed by atoms with van der Waals surface area (Å²) in [6.45, 7) is -0.165. The number of nitrogens with one attached hydrogen (secondary N) is 1. The zero-order chi connectivity index (χ0) is 16.0. The van der Waals surface area contributed by atoms with E-state index in [4.69, 9.17) is 10.2 Å². The number of hydrogen-bond donors (Lipinski definition) is 3. The van der Waals surface area contributed by atoms with Gasteiger partial charge >= 0.3 is 11.9 Å². The smallest absolute Gasteiger partial charge is 0.326 e. The molecule has 0 aliphatic carbocycles. The van der Waals surface area contributed by atoms with Gasteiger partial charge in [0.2, 0.25) is 5.91 Å². The number of carboxylic acids is 2. The first-order valence-corrected chi connectivity index (χ1v) is 6.08. The molecule has 0 bridgehead atoms. The fourth-order valence-corrected chi connectivity index (χ4v) is 1.66. The van der Waals surface area contributed by atoms with Crippen molar-refractivity contribution in [3.63, 3.8) is 0 Å². The van der Waals surface area contributed by atoms with Crippen LogP contribution in [-0.2, 0) is 24.0 Å². The van der Waals surface area contributed by atoms with Crippen LogP contribution in [0, 0.1) is 0 Å². The molecular weight excluding hydrogens is 284 g/mol. The summed E-state index contributed by atoms with van der Waals surface area (Å²) in [5.74, 6) is -4.27. The molecule has 3 amide bonds. The molecule has 1 heterocycles. The third-order valence-corrected chi connectivity index (χ3v) is 2.74. The second-order valence-electron chi connectivity index (χ2n) is 4.30. The van der Waals surface area contributed by atoms with Gasteiger partial charge in [0.15, 0.2) is 0 Å².